The van der Waals surface area contributed by atoms with Crippen molar-refractivity contribution >= 4 is 0 Å². The minimum absolute atomic E-state index is 0.260. The smallest absolute Gasteiger partial charge is 0.111 e. The van der Waals surface area contributed by atoms with Gasteiger partial charge in [-0.15, -0.1) is 12.3 Å². The van der Waals surface area contributed by atoms with E-state index in [1.807, 2.05) is 0 Å². The van der Waals surface area contributed by atoms with Gasteiger partial charge in [0, 0.05) is 6.42 Å². The van der Waals surface area contributed by atoms with Crippen LogP contribution in [0.15, 0.2) is 0 Å². The minimum Gasteiger partial charge on any atom is -0.246 e. The number of halogens is 1. The Morgan fingerprint density at radius 2 is 2.43 bits per heavy atom. The fraction of sp³-hybridized carbons (Fsp3) is 0.667. The molecule has 0 saturated carbocycles. The summed E-state index contributed by atoms with van der Waals surface area (Å²) in [5, 5.41) is 0. The molecule has 0 fully saturated rings. The monoisotopic (exact) mass is 100 g/mol. The minimum atomic E-state index is -0.787. The van der Waals surface area contributed by atoms with Crippen molar-refractivity contribution in [2.45, 2.75) is 25.9 Å². The van der Waals surface area contributed by atoms with Crippen LogP contribution in [0.1, 0.15) is 19.8 Å². The summed E-state index contributed by atoms with van der Waals surface area (Å²) in [6.07, 6.45) is 4.82. The van der Waals surface area contributed by atoms with Crippen molar-refractivity contribution in [2.75, 3.05) is 0 Å². The Kier molecular flexibility index (Phi) is 3.40. The molecule has 1 unspecified atom stereocenters. The highest BCUT2D eigenvalue weighted by molar-refractivity contribution is 4.86. The molecule has 0 spiro atoms. The molecule has 0 aromatic carbocycles. The fourth-order valence-corrected chi connectivity index (χ4v) is 0.272. The molecule has 1 atom stereocenters. The number of alkyl halides is 1. The van der Waals surface area contributed by atoms with E-state index < -0.39 is 6.17 Å². The molecular weight excluding hydrogens is 91.1 g/mol. The quantitative estimate of drug-likeness (QED) is 0.464. The van der Waals surface area contributed by atoms with E-state index >= 15 is 0 Å². The van der Waals surface area contributed by atoms with Crippen molar-refractivity contribution in [3.05, 3.63) is 0 Å². The van der Waals surface area contributed by atoms with Crippen LogP contribution in [0.4, 0.5) is 4.39 Å². The summed E-state index contributed by atoms with van der Waals surface area (Å²) >= 11 is 0. The fourth-order valence-electron chi connectivity index (χ4n) is 0.272. The zero-order chi connectivity index (χ0) is 5.70. The normalized spacial score (nSPS) is 12.7. The average Bonchev–Trinajstić information content (AvgIpc) is 1.68. The van der Waals surface area contributed by atoms with E-state index in [1.54, 1.807) is 6.92 Å². The lowest BCUT2D eigenvalue weighted by Crippen LogP contribution is -1.93. The molecule has 0 aliphatic carbocycles. The van der Waals surface area contributed by atoms with E-state index in [0.29, 0.717) is 6.42 Å². The Labute approximate surface area is 43.7 Å². The molecule has 0 N–H and O–H groups in total. The van der Waals surface area contributed by atoms with Gasteiger partial charge in [-0.2, -0.15) is 0 Å². The molecule has 7 heavy (non-hydrogen) atoms. The van der Waals surface area contributed by atoms with Crippen LogP contribution in [0.2, 0.25) is 0 Å². The molecule has 0 bridgehead atoms. The van der Waals surface area contributed by atoms with Crippen LogP contribution in [0.5, 0.6) is 0 Å². The average molecular weight is 100 g/mol. The topological polar surface area (TPSA) is 0 Å². The Bertz CT molecular complexity index is 70.7. The van der Waals surface area contributed by atoms with Gasteiger partial charge in [-0.05, 0) is 6.42 Å². The highest BCUT2D eigenvalue weighted by Gasteiger charge is 1.96. The molecule has 0 aliphatic heterocycles. The maximum Gasteiger partial charge on any atom is 0.111 e. The Balaban J connectivity index is 3.03. The van der Waals surface area contributed by atoms with Gasteiger partial charge in [0.15, 0.2) is 0 Å². The first-order chi connectivity index (χ1) is 3.31. The Morgan fingerprint density at radius 1 is 1.86 bits per heavy atom. The Morgan fingerprint density at radius 3 is 2.57 bits per heavy atom. The van der Waals surface area contributed by atoms with Gasteiger partial charge < -0.3 is 0 Å². The molecule has 0 nitrogen and oxygen atoms in total. The lowest BCUT2D eigenvalue weighted by atomic mass is 10.2. The van der Waals surface area contributed by atoms with Gasteiger partial charge in [0.25, 0.3) is 0 Å². The third-order valence-corrected chi connectivity index (χ3v) is 0.782. The van der Waals surface area contributed by atoms with Crippen molar-refractivity contribution in [3.8, 4) is 12.3 Å². The Hall–Kier alpha value is -0.510. The second-order valence-corrected chi connectivity index (χ2v) is 1.41. The summed E-state index contributed by atoms with van der Waals surface area (Å²) in [5.74, 6) is 2.24. The molecule has 0 amide bonds. The number of terminal acetylenes is 1. The molecule has 0 heterocycles. The lowest BCUT2D eigenvalue weighted by Gasteiger charge is -1.94. The molecule has 0 rings (SSSR count). The van der Waals surface area contributed by atoms with Crippen LogP contribution < -0.4 is 0 Å². The van der Waals surface area contributed by atoms with Gasteiger partial charge in [0.2, 0.25) is 0 Å². The van der Waals surface area contributed by atoms with Crippen molar-refractivity contribution in [1.82, 2.24) is 0 Å². The van der Waals surface area contributed by atoms with E-state index in [0.717, 1.165) is 0 Å². The van der Waals surface area contributed by atoms with Crippen molar-refractivity contribution in [2.24, 2.45) is 0 Å². The summed E-state index contributed by atoms with van der Waals surface area (Å²) in [4.78, 5) is 0. The highest BCUT2D eigenvalue weighted by atomic mass is 19.1. The molecule has 0 aliphatic rings. The van der Waals surface area contributed by atoms with Crippen LogP contribution in [0.3, 0.4) is 0 Å². The van der Waals surface area contributed by atoms with Gasteiger partial charge in [-0.1, -0.05) is 6.92 Å². The van der Waals surface area contributed by atoms with Gasteiger partial charge in [-0.25, -0.2) is 4.39 Å². The predicted octanol–water partition coefficient (Wildman–Crippen LogP) is 1.76. The number of rotatable bonds is 2. The predicted molar refractivity (Wildman–Crippen MR) is 28.6 cm³/mol. The molecule has 0 radical (unpaired) electrons. The summed E-state index contributed by atoms with van der Waals surface area (Å²) < 4.78 is 12.0. The van der Waals surface area contributed by atoms with Gasteiger partial charge >= 0.3 is 0 Å². The van der Waals surface area contributed by atoms with Gasteiger partial charge in [0.1, 0.15) is 6.17 Å². The van der Waals surface area contributed by atoms with Crippen LogP contribution in [0.25, 0.3) is 0 Å². The first kappa shape index (κ1) is 6.49. The number of hydrogen-bond acceptors (Lipinski definition) is 0. The first-order valence-electron chi connectivity index (χ1n) is 2.38. The van der Waals surface area contributed by atoms with E-state index in [-0.39, 0.29) is 6.42 Å². The van der Waals surface area contributed by atoms with Crippen LogP contribution in [-0.4, -0.2) is 6.17 Å². The van der Waals surface area contributed by atoms with Crippen molar-refractivity contribution in [3.63, 3.8) is 0 Å². The van der Waals surface area contributed by atoms with E-state index in [4.69, 9.17) is 6.42 Å². The highest BCUT2D eigenvalue weighted by Crippen LogP contribution is 1.99. The zero-order valence-corrected chi connectivity index (χ0v) is 4.45. The van der Waals surface area contributed by atoms with Crippen molar-refractivity contribution < 1.29 is 4.39 Å². The summed E-state index contributed by atoms with van der Waals surface area (Å²) in [5.41, 5.74) is 0. The van der Waals surface area contributed by atoms with Crippen LogP contribution >= 0.6 is 0 Å². The SMILES string of the molecule is C#CCC(F)CC. The third-order valence-electron chi connectivity index (χ3n) is 0.782. The molecule has 0 aromatic heterocycles. The van der Waals surface area contributed by atoms with E-state index in [2.05, 4.69) is 5.92 Å². The standard InChI is InChI=1S/C6H9F/c1-3-5-6(7)4-2/h1,6H,4-5H2,2H3. The largest absolute Gasteiger partial charge is 0.246 e. The number of hydrogen-bond donors (Lipinski definition) is 0. The molecular formula is C6H9F. The summed E-state index contributed by atoms with van der Waals surface area (Å²) in [7, 11) is 0. The second-order valence-electron chi connectivity index (χ2n) is 1.41. The lowest BCUT2D eigenvalue weighted by molar-refractivity contribution is 0.331. The molecule has 1 heteroatoms. The maximum absolute atomic E-state index is 12.0. The van der Waals surface area contributed by atoms with Crippen LogP contribution in [-0.2, 0) is 0 Å². The van der Waals surface area contributed by atoms with Crippen LogP contribution in [0, 0.1) is 12.3 Å². The summed E-state index contributed by atoms with van der Waals surface area (Å²) in [6.45, 7) is 1.78. The zero-order valence-electron chi connectivity index (χ0n) is 4.45. The molecule has 40 valence electrons. The third kappa shape index (κ3) is 3.32. The first-order valence-corrected chi connectivity index (χ1v) is 2.38. The maximum atomic E-state index is 12.0. The molecule has 0 saturated heterocycles. The van der Waals surface area contributed by atoms with Gasteiger partial charge in [0.05, 0.1) is 0 Å². The second kappa shape index (κ2) is 3.67. The van der Waals surface area contributed by atoms with E-state index in [1.165, 1.54) is 0 Å². The van der Waals surface area contributed by atoms with E-state index in [9.17, 15) is 4.39 Å². The summed E-state index contributed by atoms with van der Waals surface area (Å²) in [6, 6.07) is 0. The van der Waals surface area contributed by atoms with Crippen molar-refractivity contribution in [1.29, 1.82) is 0 Å². The van der Waals surface area contributed by atoms with Gasteiger partial charge in [-0.3, -0.25) is 0 Å². The molecule has 0 aromatic rings.